The minimum Gasteiger partial charge on any atom is -0.340 e. The van der Waals surface area contributed by atoms with E-state index in [0.29, 0.717) is 13.1 Å². The van der Waals surface area contributed by atoms with Crippen LogP contribution in [0.25, 0.3) is 0 Å². The highest BCUT2D eigenvalue weighted by atomic mass is 31.2. The molecule has 0 saturated carbocycles. The molecule has 0 spiro atoms. The molecule has 1 atom stereocenters. The van der Waals surface area contributed by atoms with Gasteiger partial charge in [-0.15, -0.1) is 0 Å². The number of carbonyl (C=O) groups excluding carboxylic acids is 2. The van der Waals surface area contributed by atoms with Crippen molar-refractivity contribution < 1.29 is 23.2 Å². The Balaban J connectivity index is 3.00. The van der Waals surface area contributed by atoms with Gasteiger partial charge in [0, 0.05) is 13.1 Å². The number of hydrogen-bond donors (Lipinski definition) is 2. The van der Waals surface area contributed by atoms with Crippen molar-refractivity contribution in [1.82, 2.24) is 10.2 Å². The van der Waals surface area contributed by atoms with Crippen LogP contribution < -0.4 is 11.1 Å². The Bertz CT molecular complexity index is 416. The molecule has 1 saturated heterocycles. The summed E-state index contributed by atoms with van der Waals surface area (Å²) < 4.78 is 23.3. The average molecular weight is 335 g/mol. The lowest BCUT2D eigenvalue weighted by Crippen LogP contribution is -2.51. The molecule has 0 aromatic heterocycles. The molecule has 8 nitrogen and oxygen atoms in total. The molecule has 1 rings (SSSR count). The van der Waals surface area contributed by atoms with Crippen LogP contribution in [0.4, 0.5) is 0 Å². The van der Waals surface area contributed by atoms with Gasteiger partial charge in [-0.25, -0.2) is 0 Å². The van der Waals surface area contributed by atoms with E-state index >= 15 is 0 Å². The smallest absolute Gasteiger partial charge is 0.340 e. The zero-order valence-corrected chi connectivity index (χ0v) is 14.1. The Kier molecular flexibility index (Phi) is 8.03. The van der Waals surface area contributed by atoms with Crippen LogP contribution in [0.15, 0.2) is 0 Å². The summed E-state index contributed by atoms with van der Waals surface area (Å²) >= 11 is 0. The zero-order valence-electron chi connectivity index (χ0n) is 13.2. The number of nitrogens with one attached hydrogen (secondary N) is 1. The molecule has 0 radical (unpaired) electrons. The standard InChI is InChI=1S/C13H26N3O5P/c1-3-20-22(19,21-4-2)12(15-11(17)10-14)13(18)16-8-6-5-7-9-16/h12H,3-10,14H2,1-2H3,(H,15,17). The van der Waals surface area contributed by atoms with Gasteiger partial charge in [-0.1, -0.05) is 0 Å². The summed E-state index contributed by atoms with van der Waals surface area (Å²) in [5, 5.41) is 2.41. The maximum Gasteiger partial charge on any atom is 0.362 e. The van der Waals surface area contributed by atoms with E-state index in [1.165, 1.54) is 0 Å². The molecule has 1 fully saturated rings. The van der Waals surface area contributed by atoms with E-state index in [9.17, 15) is 14.2 Å². The molecule has 128 valence electrons. The van der Waals surface area contributed by atoms with Crippen LogP contribution >= 0.6 is 7.60 Å². The number of rotatable bonds is 8. The van der Waals surface area contributed by atoms with Gasteiger partial charge in [0.15, 0.2) is 0 Å². The molecular formula is C13H26N3O5P. The highest BCUT2D eigenvalue weighted by Gasteiger charge is 2.44. The topological polar surface area (TPSA) is 111 Å². The fraction of sp³-hybridized carbons (Fsp3) is 0.846. The molecule has 1 aliphatic rings. The van der Waals surface area contributed by atoms with E-state index in [4.69, 9.17) is 14.8 Å². The van der Waals surface area contributed by atoms with E-state index in [0.717, 1.165) is 19.3 Å². The van der Waals surface area contributed by atoms with Crippen LogP contribution in [0.5, 0.6) is 0 Å². The zero-order chi connectivity index (χ0) is 16.6. The first kappa shape index (κ1) is 19.1. The normalized spacial score (nSPS) is 17.1. The van der Waals surface area contributed by atoms with Gasteiger partial charge >= 0.3 is 7.60 Å². The third-order valence-electron chi connectivity index (χ3n) is 3.32. The lowest BCUT2D eigenvalue weighted by Gasteiger charge is -2.33. The first-order valence-corrected chi connectivity index (χ1v) is 9.26. The summed E-state index contributed by atoms with van der Waals surface area (Å²) in [6, 6.07) is 0. The minimum absolute atomic E-state index is 0.111. The van der Waals surface area contributed by atoms with Crippen LogP contribution in [0, 0.1) is 0 Å². The Morgan fingerprint density at radius 1 is 1.18 bits per heavy atom. The van der Waals surface area contributed by atoms with Crippen molar-refractivity contribution in [2.24, 2.45) is 5.73 Å². The highest BCUT2D eigenvalue weighted by Crippen LogP contribution is 2.52. The highest BCUT2D eigenvalue weighted by molar-refractivity contribution is 7.55. The molecule has 0 aromatic carbocycles. The number of piperidine rings is 1. The second-order valence-electron chi connectivity index (χ2n) is 4.94. The van der Waals surface area contributed by atoms with Crippen LogP contribution in [-0.2, 0) is 23.2 Å². The van der Waals surface area contributed by atoms with Gasteiger partial charge in [0.25, 0.3) is 5.91 Å². The summed E-state index contributed by atoms with van der Waals surface area (Å²) in [5.74, 6) is -2.36. The lowest BCUT2D eigenvalue weighted by atomic mass is 10.1. The fourth-order valence-corrected chi connectivity index (χ4v) is 4.15. The van der Waals surface area contributed by atoms with Crippen molar-refractivity contribution >= 4 is 19.4 Å². The van der Waals surface area contributed by atoms with Gasteiger partial charge < -0.3 is 25.0 Å². The second kappa shape index (κ2) is 9.25. The molecule has 2 amide bonds. The molecule has 9 heteroatoms. The van der Waals surface area contributed by atoms with Crippen molar-refractivity contribution in [3.63, 3.8) is 0 Å². The van der Waals surface area contributed by atoms with Crippen molar-refractivity contribution in [3.8, 4) is 0 Å². The molecule has 1 unspecified atom stereocenters. The molecule has 1 aliphatic heterocycles. The fourth-order valence-electron chi connectivity index (χ4n) is 2.32. The van der Waals surface area contributed by atoms with Crippen molar-refractivity contribution in [3.05, 3.63) is 0 Å². The van der Waals surface area contributed by atoms with E-state index in [1.807, 2.05) is 0 Å². The summed E-state index contributed by atoms with van der Waals surface area (Å²) in [5.41, 5.74) is 5.28. The Labute approximate surface area is 131 Å². The van der Waals surface area contributed by atoms with Gasteiger partial charge in [-0.05, 0) is 33.1 Å². The van der Waals surface area contributed by atoms with Crippen molar-refractivity contribution in [1.29, 1.82) is 0 Å². The largest absolute Gasteiger partial charge is 0.362 e. The summed E-state index contributed by atoms with van der Waals surface area (Å²) in [4.78, 5) is 25.9. The van der Waals surface area contributed by atoms with Gasteiger partial charge in [0.05, 0.1) is 19.8 Å². The third-order valence-corrected chi connectivity index (χ3v) is 5.54. The number of nitrogens with two attached hydrogens (primary N) is 1. The number of carbonyl (C=O) groups is 2. The first-order chi connectivity index (χ1) is 10.5. The van der Waals surface area contributed by atoms with Crippen LogP contribution in [0.3, 0.4) is 0 Å². The van der Waals surface area contributed by atoms with Gasteiger partial charge in [0.1, 0.15) is 0 Å². The maximum atomic E-state index is 12.9. The minimum atomic E-state index is -3.80. The number of hydrogen-bond acceptors (Lipinski definition) is 6. The second-order valence-corrected chi connectivity index (χ2v) is 7.05. The average Bonchev–Trinajstić information content (AvgIpc) is 2.53. The van der Waals surface area contributed by atoms with Crippen LogP contribution in [0.1, 0.15) is 33.1 Å². The molecule has 22 heavy (non-hydrogen) atoms. The van der Waals surface area contributed by atoms with Crippen LogP contribution in [0.2, 0.25) is 0 Å². The van der Waals surface area contributed by atoms with Crippen LogP contribution in [-0.4, -0.2) is 55.3 Å². The van der Waals surface area contributed by atoms with E-state index < -0.39 is 25.2 Å². The Morgan fingerprint density at radius 3 is 2.18 bits per heavy atom. The van der Waals surface area contributed by atoms with Gasteiger partial charge in [-0.2, -0.15) is 0 Å². The molecule has 0 bridgehead atoms. The molecule has 0 aliphatic carbocycles. The molecular weight excluding hydrogens is 309 g/mol. The Morgan fingerprint density at radius 2 is 1.73 bits per heavy atom. The first-order valence-electron chi connectivity index (χ1n) is 7.65. The molecule has 0 aromatic rings. The lowest BCUT2D eigenvalue weighted by molar-refractivity contribution is -0.135. The Hall–Kier alpha value is -0.950. The molecule has 1 heterocycles. The number of nitrogens with zero attached hydrogens (tertiary/aromatic N) is 1. The number of likely N-dealkylation sites (tertiary alicyclic amines) is 1. The summed E-state index contributed by atoms with van der Waals surface area (Å²) in [6.45, 7) is 4.37. The van der Waals surface area contributed by atoms with E-state index in [-0.39, 0.29) is 19.8 Å². The molecule has 3 N–H and O–H groups in total. The van der Waals surface area contributed by atoms with E-state index in [2.05, 4.69) is 5.32 Å². The SMILES string of the molecule is CCOP(=O)(OCC)C(NC(=O)CN)C(=O)N1CCCCC1. The van der Waals surface area contributed by atoms with Crippen molar-refractivity contribution in [2.75, 3.05) is 32.8 Å². The van der Waals surface area contributed by atoms with Gasteiger partial charge in [-0.3, -0.25) is 14.2 Å². The summed E-state index contributed by atoms with van der Waals surface area (Å²) in [7, 11) is -3.80. The predicted octanol–water partition coefficient (Wildman–Crippen LogP) is 0.666. The predicted molar refractivity (Wildman–Crippen MR) is 82.3 cm³/mol. The van der Waals surface area contributed by atoms with Gasteiger partial charge in [0.2, 0.25) is 11.7 Å². The quantitative estimate of drug-likeness (QED) is 0.631. The maximum absolute atomic E-state index is 12.9. The summed E-state index contributed by atoms with van der Waals surface area (Å²) in [6.07, 6.45) is 2.83. The third kappa shape index (κ3) is 5.05. The van der Waals surface area contributed by atoms with Crippen molar-refractivity contribution in [2.45, 2.75) is 38.9 Å². The number of amides is 2. The monoisotopic (exact) mass is 335 g/mol. The van der Waals surface area contributed by atoms with E-state index in [1.54, 1.807) is 18.7 Å².